The summed E-state index contributed by atoms with van der Waals surface area (Å²) in [7, 11) is 0. The highest BCUT2D eigenvalue weighted by atomic mass is 79.9. The number of rotatable bonds is 2. The molecule has 0 aliphatic carbocycles. The summed E-state index contributed by atoms with van der Waals surface area (Å²) in [6.45, 7) is 1.91. The molecule has 0 aliphatic heterocycles. The van der Waals surface area contributed by atoms with Gasteiger partial charge in [-0.2, -0.15) is 8.91 Å². The maximum atomic E-state index is 13.5. The number of aromatic nitrogens is 3. The monoisotopic (exact) mass is 287 g/mol. The maximum absolute atomic E-state index is 13.5. The van der Waals surface area contributed by atoms with Gasteiger partial charge in [-0.3, -0.25) is 0 Å². The molecule has 0 saturated heterocycles. The second-order valence-corrected chi connectivity index (χ2v) is 3.78. The van der Waals surface area contributed by atoms with Crippen LogP contribution in [0.15, 0.2) is 16.6 Å². The standard InChI is InChI=1S/C9H7BrFN3O2/c1-2-16-9(15)7-6-4-3-5(10)8(11)14(6)13-12-7/h3-4H,2H2,1H3. The van der Waals surface area contributed by atoms with Crippen molar-refractivity contribution in [3.8, 4) is 0 Å². The van der Waals surface area contributed by atoms with Crippen LogP contribution in [0.25, 0.3) is 5.52 Å². The second kappa shape index (κ2) is 4.17. The zero-order valence-electron chi connectivity index (χ0n) is 8.28. The highest BCUT2D eigenvalue weighted by molar-refractivity contribution is 9.10. The Hall–Kier alpha value is -1.50. The van der Waals surface area contributed by atoms with Crippen molar-refractivity contribution in [1.29, 1.82) is 0 Å². The number of fused-ring (bicyclic) bond motifs is 1. The molecule has 0 amide bonds. The molecule has 0 aromatic carbocycles. The summed E-state index contributed by atoms with van der Waals surface area (Å²) < 4.78 is 19.5. The average Bonchev–Trinajstić information content (AvgIpc) is 2.68. The molecule has 2 aromatic heterocycles. The van der Waals surface area contributed by atoms with Crippen molar-refractivity contribution in [2.24, 2.45) is 0 Å². The fourth-order valence-corrected chi connectivity index (χ4v) is 1.55. The van der Waals surface area contributed by atoms with Crippen molar-refractivity contribution in [1.82, 2.24) is 14.8 Å². The molecule has 2 rings (SSSR count). The summed E-state index contributed by atoms with van der Waals surface area (Å²) in [6, 6.07) is 3.02. The molecule has 2 aromatic rings. The zero-order valence-corrected chi connectivity index (χ0v) is 9.86. The van der Waals surface area contributed by atoms with Crippen LogP contribution in [0.5, 0.6) is 0 Å². The predicted molar refractivity (Wildman–Crippen MR) is 56.6 cm³/mol. The molecule has 5 nitrogen and oxygen atoms in total. The molecule has 0 saturated carbocycles. The quantitative estimate of drug-likeness (QED) is 0.624. The van der Waals surface area contributed by atoms with Crippen molar-refractivity contribution < 1.29 is 13.9 Å². The molecule has 84 valence electrons. The molecule has 2 heterocycles. The van der Waals surface area contributed by atoms with E-state index in [0.29, 0.717) is 0 Å². The fourth-order valence-electron chi connectivity index (χ4n) is 1.25. The summed E-state index contributed by atoms with van der Waals surface area (Å²) in [4.78, 5) is 11.4. The maximum Gasteiger partial charge on any atom is 0.361 e. The lowest BCUT2D eigenvalue weighted by atomic mass is 10.3. The van der Waals surface area contributed by atoms with Crippen LogP contribution in [0.4, 0.5) is 4.39 Å². The van der Waals surface area contributed by atoms with Gasteiger partial charge in [-0.1, -0.05) is 5.21 Å². The number of hydrogen-bond acceptors (Lipinski definition) is 4. The van der Waals surface area contributed by atoms with E-state index in [9.17, 15) is 9.18 Å². The van der Waals surface area contributed by atoms with Gasteiger partial charge in [0.05, 0.1) is 11.1 Å². The van der Waals surface area contributed by atoms with E-state index in [2.05, 4.69) is 26.2 Å². The van der Waals surface area contributed by atoms with Gasteiger partial charge in [0.15, 0.2) is 5.69 Å². The third kappa shape index (κ3) is 1.67. The summed E-state index contributed by atoms with van der Waals surface area (Å²) in [5, 5.41) is 7.14. The van der Waals surface area contributed by atoms with Crippen molar-refractivity contribution in [2.75, 3.05) is 6.61 Å². The highest BCUT2D eigenvalue weighted by Gasteiger charge is 2.18. The lowest BCUT2D eigenvalue weighted by Crippen LogP contribution is -2.05. The Balaban J connectivity index is 2.58. The number of carbonyl (C=O) groups is 1. The van der Waals surface area contributed by atoms with Crippen molar-refractivity contribution >= 4 is 27.4 Å². The molecule has 0 N–H and O–H groups in total. The van der Waals surface area contributed by atoms with Crippen LogP contribution in [-0.4, -0.2) is 27.4 Å². The minimum absolute atomic E-state index is 0.00764. The van der Waals surface area contributed by atoms with Gasteiger partial charge in [0.25, 0.3) is 0 Å². The van der Waals surface area contributed by atoms with Crippen LogP contribution in [0.3, 0.4) is 0 Å². The van der Waals surface area contributed by atoms with E-state index in [1.807, 2.05) is 0 Å². The second-order valence-electron chi connectivity index (χ2n) is 2.93. The van der Waals surface area contributed by atoms with E-state index in [1.165, 1.54) is 6.07 Å². The van der Waals surface area contributed by atoms with E-state index in [0.717, 1.165) is 4.52 Å². The Morgan fingerprint density at radius 2 is 2.38 bits per heavy atom. The predicted octanol–water partition coefficient (Wildman–Crippen LogP) is 1.81. The SMILES string of the molecule is CCOC(=O)c1nnn2c(F)c(Br)ccc12. The first-order valence-corrected chi connectivity index (χ1v) is 5.31. The molecule has 7 heteroatoms. The van der Waals surface area contributed by atoms with Crippen molar-refractivity contribution in [3.05, 3.63) is 28.2 Å². The summed E-state index contributed by atoms with van der Waals surface area (Å²) in [5.41, 5.74) is 0.285. The lowest BCUT2D eigenvalue weighted by molar-refractivity contribution is 0.0521. The van der Waals surface area contributed by atoms with Crippen molar-refractivity contribution in [3.63, 3.8) is 0 Å². The Morgan fingerprint density at radius 3 is 3.06 bits per heavy atom. The van der Waals surface area contributed by atoms with Gasteiger partial charge in [0.2, 0.25) is 5.95 Å². The van der Waals surface area contributed by atoms with E-state index in [4.69, 9.17) is 4.74 Å². The fraction of sp³-hybridized carbons (Fsp3) is 0.222. The molecule has 0 bridgehead atoms. The van der Waals surface area contributed by atoms with Gasteiger partial charge in [-0.15, -0.1) is 5.10 Å². The Kier molecular flexibility index (Phi) is 2.86. The molecule has 0 atom stereocenters. The minimum Gasteiger partial charge on any atom is -0.461 e. The Morgan fingerprint density at radius 1 is 1.62 bits per heavy atom. The summed E-state index contributed by atoms with van der Waals surface area (Å²) >= 11 is 3.01. The van der Waals surface area contributed by atoms with Crippen LogP contribution < -0.4 is 0 Å². The molecule has 0 unspecified atom stereocenters. The lowest BCUT2D eigenvalue weighted by Gasteiger charge is -1.99. The molecular weight excluding hydrogens is 281 g/mol. The number of nitrogens with zero attached hydrogens (tertiary/aromatic N) is 3. The normalized spacial score (nSPS) is 10.7. The average molecular weight is 288 g/mol. The number of hydrogen-bond donors (Lipinski definition) is 0. The van der Waals surface area contributed by atoms with E-state index < -0.39 is 11.9 Å². The van der Waals surface area contributed by atoms with Gasteiger partial charge in [0.1, 0.15) is 5.52 Å². The van der Waals surface area contributed by atoms with Gasteiger partial charge in [0, 0.05) is 0 Å². The third-order valence-electron chi connectivity index (χ3n) is 1.94. The Labute approximate surface area is 98.3 Å². The smallest absolute Gasteiger partial charge is 0.361 e. The largest absolute Gasteiger partial charge is 0.461 e. The topological polar surface area (TPSA) is 56.5 Å². The zero-order chi connectivity index (χ0) is 11.7. The molecule has 0 spiro atoms. The number of ether oxygens (including phenoxy) is 1. The van der Waals surface area contributed by atoms with Crippen LogP contribution in [-0.2, 0) is 4.74 Å². The van der Waals surface area contributed by atoms with Crippen LogP contribution in [0, 0.1) is 5.95 Å². The van der Waals surface area contributed by atoms with Gasteiger partial charge in [-0.05, 0) is 35.0 Å². The number of pyridine rings is 1. The molecule has 16 heavy (non-hydrogen) atoms. The third-order valence-corrected chi connectivity index (χ3v) is 2.54. The van der Waals surface area contributed by atoms with Gasteiger partial charge in [-0.25, -0.2) is 4.79 Å². The van der Waals surface area contributed by atoms with E-state index in [-0.39, 0.29) is 22.3 Å². The molecule has 0 radical (unpaired) electrons. The number of halogens is 2. The first-order valence-electron chi connectivity index (χ1n) is 4.51. The first kappa shape index (κ1) is 11.0. The van der Waals surface area contributed by atoms with Crippen LogP contribution in [0.2, 0.25) is 0 Å². The molecule has 0 fully saturated rings. The summed E-state index contributed by atoms with van der Waals surface area (Å²) in [6.07, 6.45) is 0. The van der Waals surface area contributed by atoms with Gasteiger partial charge < -0.3 is 4.74 Å². The number of esters is 1. The minimum atomic E-state index is -0.612. The van der Waals surface area contributed by atoms with E-state index in [1.54, 1.807) is 13.0 Å². The van der Waals surface area contributed by atoms with Gasteiger partial charge >= 0.3 is 5.97 Å². The Bertz CT molecular complexity index is 555. The first-order chi connectivity index (χ1) is 7.65. The van der Waals surface area contributed by atoms with Crippen molar-refractivity contribution in [2.45, 2.75) is 6.92 Å². The summed E-state index contributed by atoms with van der Waals surface area (Å²) in [5.74, 6) is -1.22. The highest BCUT2D eigenvalue weighted by Crippen LogP contribution is 2.18. The van der Waals surface area contributed by atoms with E-state index >= 15 is 0 Å². The van der Waals surface area contributed by atoms with Crippen LogP contribution >= 0.6 is 15.9 Å². The number of carbonyl (C=O) groups excluding carboxylic acids is 1. The molecular formula is C9H7BrFN3O2. The van der Waals surface area contributed by atoms with Crippen LogP contribution in [0.1, 0.15) is 17.4 Å². The molecule has 0 aliphatic rings.